The maximum atomic E-state index is 12.3. The Kier molecular flexibility index (Phi) is 5.10. The van der Waals surface area contributed by atoms with Gasteiger partial charge < -0.3 is 15.0 Å². The molecule has 0 aliphatic carbocycles. The summed E-state index contributed by atoms with van der Waals surface area (Å²) in [6, 6.07) is 7.84. The minimum absolute atomic E-state index is 0.0377. The predicted octanol–water partition coefficient (Wildman–Crippen LogP) is 1.83. The highest BCUT2D eigenvalue weighted by Gasteiger charge is 2.28. The topological polar surface area (TPSA) is 72.3 Å². The van der Waals surface area contributed by atoms with Crippen molar-refractivity contribution in [2.24, 2.45) is 5.92 Å². The van der Waals surface area contributed by atoms with Crippen molar-refractivity contribution in [3.8, 4) is 5.69 Å². The summed E-state index contributed by atoms with van der Waals surface area (Å²) in [6.45, 7) is 4.09. The third-order valence-electron chi connectivity index (χ3n) is 4.54. The first-order chi connectivity index (χ1) is 11.7. The van der Waals surface area contributed by atoms with E-state index in [1.54, 1.807) is 18.1 Å². The van der Waals surface area contributed by atoms with Crippen LogP contribution in [0.1, 0.15) is 18.9 Å². The van der Waals surface area contributed by atoms with E-state index < -0.39 is 0 Å². The molecule has 7 heteroatoms. The highest BCUT2D eigenvalue weighted by atomic mass is 16.5. The minimum atomic E-state index is -0.0377. The number of likely N-dealkylation sites (tertiary alicyclic amines) is 1. The Balaban J connectivity index is 1.53. The minimum Gasteiger partial charge on any atom is -0.379 e. The van der Waals surface area contributed by atoms with Crippen LogP contribution in [-0.4, -0.2) is 52.0 Å². The molecule has 2 atom stereocenters. The third kappa shape index (κ3) is 3.73. The molecular weight excluding hydrogens is 306 g/mol. The summed E-state index contributed by atoms with van der Waals surface area (Å²) in [5, 5.41) is 7.07. The van der Waals surface area contributed by atoms with Gasteiger partial charge >= 0.3 is 6.03 Å². The molecule has 1 aliphatic rings. The lowest BCUT2D eigenvalue weighted by atomic mass is 9.96. The van der Waals surface area contributed by atoms with Crippen molar-refractivity contribution in [2.45, 2.75) is 26.0 Å². The monoisotopic (exact) mass is 329 g/mol. The zero-order valence-corrected chi connectivity index (χ0v) is 14.1. The molecule has 1 N–H and O–H groups in total. The van der Waals surface area contributed by atoms with Crippen LogP contribution in [0.5, 0.6) is 0 Å². The summed E-state index contributed by atoms with van der Waals surface area (Å²) in [4.78, 5) is 18.1. The van der Waals surface area contributed by atoms with Gasteiger partial charge in [0.2, 0.25) is 0 Å². The summed E-state index contributed by atoms with van der Waals surface area (Å²) in [6.07, 6.45) is 4.24. The number of urea groups is 1. The van der Waals surface area contributed by atoms with Crippen LogP contribution in [0.2, 0.25) is 0 Å². The van der Waals surface area contributed by atoms with Gasteiger partial charge in [-0.2, -0.15) is 5.10 Å². The number of rotatable bonds is 4. The molecule has 24 heavy (non-hydrogen) atoms. The number of amides is 2. The van der Waals surface area contributed by atoms with Gasteiger partial charge in [0.1, 0.15) is 12.7 Å². The highest BCUT2D eigenvalue weighted by Crippen LogP contribution is 2.19. The first kappa shape index (κ1) is 16.4. The number of aromatic nitrogens is 3. The lowest BCUT2D eigenvalue weighted by molar-refractivity contribution is 0.00714. The van der Waals surface area contributed by atoms with Gasteiger partial charge in [0.15, 0.2) is 0 Å². The molecule has 2 heterocycles. The van der Waals surface area contributed by atoms with Gasteiger partial charge in [0, 0.05) is 26.7 Å². The van der Waals surface area contributed by atoms with Gasteiger partial charge in [-0.3, -0.25) is 0 Å². The van der Waals surface area contributed by atoms with Crippen LogP contribution in [0.25, 0.3) is 5.69 Å². The summed E-state index contributed by atoms with van der Waals surface area (Å²) >= 11 is 0. The second-order valence-electron chi connectivity index (χ2n) is 6.15. The number of ether oxygens (including phenoxy) is 1. The van der Waals surface area contributed by atoms with Gasteiger partial charge in [-0.05, 0) is 30.0 Å². The van der Waals surface area contributed by atoms with Crippen LogP contribution in [0.4, 0.5) is 4.79 Å². The molecule has 0 saturated carbocycles. The molecule has 3 rings (SSSR count). The lowest BCUT2D eigenvalue weighted by Gasteiger charge is -2.36. The van der Waals surface area contributed by atoms with Crippen molar-refractivity contribution in [1.29, 1.82) is 0 Å². The number of piperidine rings is 1. The largest absolute Gasteiger partial charge is 0.379 e. The number of nitrogens with one attached hydrogen (secondary N) is 1. The molecule has 1 saturated heterocycles. The van der Waals surface area contributed by atoms with Crippen LogP contribution in [0.3, 0.4) is 0 Å². The van der Waals surface area contributed by atoms with Crippen LogP contribution in [0.15, 0.2) is 36.9 Å². The SMILES string of the molecule is CO[C@H]1CN(C(=O)NCc2ccc(-n3cncn3)cc2)CC[C@H]1C. The Labute approximate surface area is 141 Å². The maximum Gasteiger partial charge on any atom is 0.317 e. The molecule has 1 aromatic carbocycles. The molecule has 2 aromatic rings. The van der Waals surface area contributed by atoms with Crippen LogP contribution >= 0.6 is 0 Å². The van der Waals surface area contributed by atoms with Gasteiger partial charge in [0.25, 0.3) is 0 Å². The van der Waals surface area contributed by atoms with E-state index in [1.165, 1.54) is 6.33 Å². The molecule has 0 unspecified atom stereocenters. The second kappa shape index (κ2) is 7.44. The second-order valence-corrected chi connectivity index (χ2v) is 6.15. The summed E-state index contributed by atoms with van der Waals surface area (Å²) in [5.74, 6) is 0.489. The van der Waals surface area contributed by atoms with E-state index in [0.717, 1.165) is 24.2 Å². The van der Waals surface area contributed by atoms with Crippen molar-refractivity contribution in [2.75, 3.05) is 20.2 Å². The van der Waals surface area contributed by atoms with E-state index in [9.17, 15) is 4.79 Å². The lowest BCUT2D eigenvalue weighted by Crippen LogP contribution is -2.50. The van der Waals surface area contributed by atoms with Gasteiger partial charge in [-0.1, -0.05) is 19.1 Å². The van der Waals surface area contributed by atoms with Gasteiger partial charge in [-0.25, -0.2) is 14.5 Å². The van der Waals surface area contributed by atoms with E-state index >= 15 is 0 Å². The number of carbonyl (C=O) groups is 1. The fraction of sp³-hybridized carbons (Fsp3) is 0.471. The van der Waals surface area contributed by atoms with Crippen molar-refractivity contribution < 1.29 is 9.53 Å². The number of hydrogen-bond donors (Lipinski definition) is 1. The third-order valence-corrected chi connectivity index (χ3v) is 4.54. The van der Waals surface area contributed by atoms with Crippen molar-refractivity contribution in [1.82, 2.24) is 25.0 Å². The van der Waals surface area contributed by atoms with E-state index in [-0.39, 0.29) is 12.1 Å². The molecular formula is C17H23N5O2. The Hall–Kier alpha value is -2.41. The van der Waals surface area contributed by atoms with Crippen LogP contribution in [-0.2, 0) is 11.3 Å². The van der Waals surface area contributed by atoms with E-state index in [4.69, 9.17) is 4.74 Å². The number of methoxy groups -OCH3 is 1. The molecule has 128 valence electrons. The first-order valence-corrected chi connectivity index (χ1v) is 8.17. The molecule has 0 bridgehead atoms. The molecule has 1 fully saturated rings. The number of benzene rings is 1. The number of hydrogen-bond acceptors (Lipinski definition) is 4. The van der Waals surface area contributed by atoms with Crippen molar-refractivity contribution in [3.05, 3.63) is 42.5 Å². The van der Waals surface area contributed by atoms with Crippen molar-refractivity contribution >= 4 is 6.03 Å². The average Bonchev–Trinajstić information content (AvgIpc) is 3.15. The normalized spacial score (nSPS) is 20.8. The average molecular weight is 329 g/mol. The summed E-state index contributed by atoms with van der Waals surface area (Å²) < 4.78 is 7.16. The standard InChI is InChI=1S/C17H23N5O2/c1-13-7-8-21(10-16(13)24-2)17(23)19-9-14-3-5-15(6-4-14)22-12-18-11-20-22/h3-6,11-13,16H,7-10H2,1-2H3,(H,19,23)/t13-,16+/m1/s1. The summed E-state index contributed by atoms with van der Waals surface area (Å²) in [5.41, 5.74) is 1.98. The van der Waals surface area contributed by atoms with E-state index in [0.29, 0.717) is 19.0 Å². The molecule has 1 aromatic heterocycles. The maximum absolute atomic E-state index is 12.3. The highest BCUT2D eigenvalue weighted by molar-refractivity contribution is 5.74. The Morgan fingerprint density at radius 2 is 2.17 bits per heavy atom. The molecule has 7 nitrogen and oxygen atoms in total. The van der Waals surface area contributed by atoms with Gasteiger partial charge in [0.05, 0.1) is 11.8 Å². The van der Waals surface area contributed by atoms with Crippen molar-refractivity contribution in [3.63, 3.8) is 0 Å². The predicted molar refractivity (Wildman–Crippen MR) is 89.7 cm³/mol. The molecule has 0 spiro atoms. The van der Waals surface area contributed by atoms with E-state index in [1.807, 2.05) is 29.2 Å². The fourth-order valence-electron chi connectivity index (χ4n) is 2.92. The Bertz CT molecular complexity index is 656. The fourth-order valence-corrected chi connectivity index (χ4v) is 2.92. The van der Waals surface area contributed by atoms with Crippen LogP contribution in [0, 0.1) is 5.92 Å². The van der Waals surface area contributed by atoms with E-state index in [2.05, 4.69) is 22.3 Å². The molecule has 2 amide bonds. The zero-order chi connectivity index (χ0) is 16.9. The van der Waals surface area contributed by atoms with Gasteiger partial charge in [-0.15, -0.1) is 0 Å². The zero-order valence-electron chi connectivity index (χ0n) is 14.1. The molecule has 1 aliphatic heterocycles. The molecule has 0 radical (unpaired) electrons. The Morgan fingerprint density at radius 1 is 1.38 bits per heavy atom. The number of nitrogens with zero attached hydrogens (tertiary/aromatic N) is 4. The number of carbonyl (C=O) groups excluding carboxylic acids is 1. The first-order valence-electron chi connectivity index (χ1n) is 8.17. The Morgan fingerprint density at radius 3 is 2.83 bits per heavy atom. The van der Waals surface area contributed by atoms with Crippen LogP contribution < -0.4 is 5.32 Å². The quantitative estimate of drug-likeness (QED) is 0.929. The summed E-state index contributed by atoms with van der Waals surface area (Å²) in [7, 11) is 1.71. The smallest absolute Gasteiger partial charge is 0.317 e.